The SMILES string of the molecule is COC(C(C)C)C(N)C1CC1c1ccccc1. The summed E-state index contributed by atoms with van der Waals surface area (Å²) in [5, 5.41) is 0. The summed E-state index contributed by atoms with van der Waals surface area (Å²) < 4.78 is 5.53. The molecule has 2 heteroatoms. The predicted octanol–water partition coefficient (Wildman–Crippen LogP) is 2.79. The van der Waals surface area contributed by atoms with E-state index in [9.17, 15) is 0 Å². The Kier molecular flexibility index (Phi) is 3.85. The molecule has 1 fully saturated rings. The first kappa shape index (κ1) is 12.6. The minimum Gasteiger partial charge on any atom is -0.380 e. The number of nitrogens with two attached hydrogens (primary N) is 1. The van der Waals surface area contributed by atoms with Crippen molar-refractivity contribution >= 4 is 0 Å². The number of hydrogen-bond acceptors (Lipinski definition) is 2. The van der Waals surface area contributed by atoms with Crippen molar-refractivity contribution < 1.29 is 4.74 Å². The number of ether oxygens (including phenoxy) is 1. The quantitative estimate of drug-likeness (QED) is 0.848. The van der Waals surface area contributed by atoms with Crippen LogP contribution < -0.4 is 5.73 Å². The molecule has 0 spiro atoms. The standard InChI is InChI=1S/C15H23NO/c1-10(2)15(17-3)14(16)13-9-12(13)11-7-5-4-6-8-11/h4-8,10,12-15H,9,16H2,1-3H3. The van der Waals surface area contributed by atoms with Gasteiger partial charge in [-0.15, -0.1) is 0 Å². The fraction of sp³-hybridized carbons (Fsp3) is 0.600. The van der Waals surface area contributed by atoms with E-state index in [4.69, 9.17) is 10.5 Å². The molecule has 1 saturated carbocycles. The second-order valence-corrected chi connectivity index (χ2v) is 5.44. The van der Waals surface area contributed by atoms with E-state index in [1.807, 2.05) is 0 Å². The van der Waals surface area contributed by atoms with Crippen LogP contribution in [0, 0.1) is 11.8 Å². The molecular weight excluding hydrogens is 210 g/mol. The molecule has 2 rings (SSSR count). The van der Waals surface area contributed by atoms with E-state index in [-0.39, 0.29) is 12.1 Å². The molecule has 1 aliphatic rings. The maximum Gasteiger partial charge on any atom is 0.0747 e. The summed E-state index contributed by atoms with van der Waals surface area (Å²) in [5.41, 5.74) is 7.76. The van der Waals surface area contributed by atoms with Crippen LogP contribution in [0.25, 0.3) is 0 Å². The molecule has 0 bridgehead atoms. The van der Waals surface area contributed by atoms with Crippen molar-refractivity contribution in [3.8, 4) is 0 Å². The number of methoxy groups -OCH3 is 1. The number of benzene rings is 1. The molecule has 2 nitrogen and oxygen atoms in total. The fourth-order valence-corrected chi connectivity index (χ4v) is 2.84. The van der Waals surface area contributed by atoms with E-state index < -0.39 is 0 Å². The molecule has 0 heterocycles. The van der Waals surface area contributed by atoms with Crippen molar-refractivity contribution in [3.05, 3.63) is 35.9 Å². The molecule has 0 amide bonds. The van der Waals surface area contributed by atoms with Gasteiger partial charge in [0.15, 0.2) is 0 Å². The highest BCUT2D eigenvalue weighted by atomic mass is 16.5. The molecule has 4 unspecified atom stereocenters. The Balaban J connectivity index is 1.98. The van der Waals surface area contributed by atoms with Crippen LogP contribution in [-0.2, 0) is 4.74 Å². The molecule has 1 aliphatic carbocycles. The van der Waals surface area contributed by atoms with Crippen LogP contribution in [0.3, 0.4) is 0 Å². The van der Waals surface area contributed by atoms with E-state index in [0.717, 1.165) is 0 Å². The van der Waals surface area contributed by atoms with Crippen LogP contribution in [0.4, 0.5) is 0 Å². The normalized spacial score (nSPS) is 26.9. The average molecular weight is 233 g/mol. The van der Waals surface area contributed by atoms with E-state index in [1.54, 1.807) is 7.11 Å². The Morgan fingerprint density at radius 2 is 1.88 bits per heavy atom. The molecule has 4 atom stereocenters. The Labute approximate surface area is 104 Å². The first-order chi connectivity index (χ1) is 8.15. The summed E-state index contributed by atoms with van der Waals surface area (Å²) in [6.45, 7) is 4.35. The highest BCUT2D eigenvalue weighted by Crippen LogP contribution is 2.50. The van der Waals surface area contributed by atoms with Crippen LogP contribution in [-0.4, -0.2) is 19.3 Å². The molecule has 1 aromatic rings. The smallest absolute Gasteiger partial charge is 0.0747 e. The zero-order valence-electron chi connectivity index (χ0n) is 11.0. The van der Waals surface area contributed by atoms with Gasteiger partial charge in [0.2, 0.25) is 0 Å². The van der Waals surface area contributed by atoms with Crippen LogP contribution >= 0.6 is 0 Å². The highest BCUT2D eigenvalue weighted by Gasteiger charge is 2.45. The van der Waals surface area contributed by atoms with Crippen molar-refractivity contribution in [1.82, 2.24) is 0 Å². The first-order valence-corrected chi connectivity index (χ1v) is 6.48. The lowest BCUT2D eigenvalue weighted by atomic mass is 9.94. The van der Waals surface area contributed by atoms with Gasteiger partial charge in [0, 0.05) is 13.2 Å². The Morgan fingerprint density at radius 1 is 1.24 bits per heavy atom. The molecule has 0 saturated heterocycles. The van der Waals surface area contributed by atoms with Crippen molar-refractivity contribution in [1.29, 1.82) is 0 Å². The van der Waals surface area contributed by atoms with Crippen LogP contribution in [0.2, 0.25) is 0 Å². The van der Waals surface area contributed by atoms with Crippen molar-refractivity contribution in [2.75, 3.05) is 7.11 Å². The topological polar surface area (TPSA) is 35.2 Å². The minimum absolute atomic E-state index is 0.158. The number of hydrogen-bond donors (Lipinski definition) is 1. The van der Waals surface area contributed by atoms with E-state index in [2.05, 4.69) is 44.2 Å². The first-order valence-electron chi connectivity index (χ1n) is 6.48. The summed E-state index contributed by atoms with van der Waals surface area (Å²) in [5.74, 6) is 1.71. The van der Waals surface area contributed by atoms with Gasteiger partial charge >= 0.3 is 0 Å². The maximum absolute atomic E-state index is 6.34. The van der Waals surface area contributed by atoms with Crippen LogP contribution in [0.15, 0.2) is 30.3 Å². The zero-order valence-corrected chi connectivity index (χ0v) is 11.0. The van der Waals surface area contributed by atoms with Crippen LogP contribution in [0.1, 0.15) is 31.7 Å². The van der Waals surface area contributed by atoms with Gasteiger partial charge in [0.25, 0.3) is 0 Å². The van der Waals surface area contributed by atoms with Crippen molar-refractivity contribution in [2.24, 2.45) is 17.6 Å². The summed E-state index contributed by atoms with van der Waals surface area (Å²) in [4.78, 5) is 0. The van der Waals surface area contributed by atoms with Gasteiger partial charge in [0.05, 0.1) is 6.10 Å². The van der Waals surface area contributed by atoms with Gasteiger partial charge in [-0.1, -0.05) is 44.2 Å². The lowest BCUT2D eigenvalue weighted by Crippen LogP contribution is -2.41. The molecular formula is C15H23NO. The molecule has 0 radical (unpaired) electrons. The van der Waals surface area contributed by atoms with E-state index in [0.29, 0.717) is 17.8 Å². The van der Waals surface area contributed by atoms with Gasteiger partial charge in [0.1, 0.15) is 0 Å². The third-order valence-electron chi connectivity index (χ3n) is 3.87. The van der Waals surface area contributed by atoms with Gasteiger partial charge in [-0.2, -0.15) is 0 Å². The molecule has 17 heavy (non-hydrogen) atoms. The van der Waals surface area contributed by atoms with E-state index in [1.165, 1.54) is 12.0 Å². The largest absolute Gasteiger partial charge is 0.380 e. The monoisotopic (exact) mass is 233 g/mol. The molecule has 94 valence electrons. The summed E-state index contributed by atoms with van der Waals surface area (Å²) in [7, 11) is 1.77. The minimum atomic E-state index is 0.158. The fourth-order valence-electron chi connectivity index (χ4n) is 2.84. The second-order valence-electron chi connectivity index (χ2n) is 5.44. The van der Waals surface area contributed by atoms with Crippen molar-refractivity contribution in [3.63, 3.8) is 0 Å². The zero-order chi connectivity index (χ0) is 12.4. The highest BCUT2D eigenvalue weighted by molar-refractivity contribution is 5.26. The third-order valence-corrected chi connectivity index (χ3v) is 3.87. The van der Waals surface area contributed by atoms with Gasteiger partial charge < -0.3 is 10.5 Å². The third kappa shape index (κ3) is 2.70. The summed E-state index contributed by atoms with van der Waals surface area (Å²) >= 11 is 0. The lowest BCUT2D eigenvalue weighted by molar-refractivity contribution is 0.0378. The summed E-state index contributed by atoms with van der Waals surface area (Å²) in [6.07, 6.45) is 1.38. The van der Waals surface area contributed by atoms with Crippen LogP contribution in [0.5, 0.6) is 0 Å². The summed E-state index contributed by atoms with van der Waals surface area (Å²) in [6, 6.07) is 10.8. The average Bonchev–Trinajstić information content (AvgIpc) is 3.10. The maximum atomic E-state index is 6.34. The van der Waals surface area contributed by atoms with Gasteiger partial charge in [-0.05, 0) is 29.7 Å². The van der Waals surface area contributed by atoms with Crippen molar-refractivity contribution in [2.45, 2.75) is 38.3 Å². The molecule has 0 aromatic heterocycles. The van der Waals surface area contributed by atoms with Gasteiger partial charge in [-0.3, -0.25) is 0 Å². The Hall–Kier alpha value is -0.860. The Morgan fingerprint density at radius 3 is 2.41 bits per heavy atom. The second kappa shape index (κ2) is 5.19. The molecule has 2 N–H and O–H groups in total. The van der Waals surface area contributed by atoms with Gasteiger partial charge in [-0.25, -0.2) is 0 Å². The molecule has 0 aliphatic heterocycles. The number of rotatable bonds is 5. The predicted molar refractivity (Wildman–Crippen MR) is 70.9 cm³/mol. The molecule has 1 aromatic carbocycles. The lowest BCUT2D eigenvalue weighted by Gasteiger charge is -2.26. The Bertz CT molecular complexity index is 349. The van der Waals surface area contributed by atoms with E-state index >= 15 is 0 Å².